The summed E-state index contributed by atoms with van der Waals surface area (Å²) in [5.74, 6) is -0.140. The minimum Gasteiger partial charge on any atom is -0.492 e. The summed E-state index contributed by atoms with van der Waals surface area (Å²) in [5, 5.41) is -0.103. The number of ether oxygens (including phenoxy) is 1. The van der Waals surface area contributed by atoms with Gasteiger partial charge in [-0.2, -0.15) is 0 Å². The maximum absolute atomic E-state index is 13.6. The zero-order chi connectivity index (χ0) is 11.7. The highest BCUT2D eigenvalue weighted by Crippen LogP contribution is 2.33. The minimum absolute atomic E-state index is 0.00349. The van der Waals surface area contributed by atoms with Gasteiger partial charge in [0.2, 0.25) is 0 Å². The van der Waals surface area contributed by atoms with Crippen molar-refractivity contribution in [2.24, 2.45) is 5.92 Å². The maximum Gasteiger partial charge on any atom is 0.162 e. The van der Waals surface area contributed by atoms with Crippen LogP contribution in [0.5, 0.6) is 5.75 Å². The molecule has 1 saturated carbocycles. The second-order valence-corrected chi connectivity index (χ2v) is 4.43. The predicted octanol–water partition coefficient (Wildman–Crippen LogP) is 3.47. The Bertz CT molecular complexity index is 427. The Morgan fingerprint density at radius 3 is 2.81 bits per heavy atom. The van der Waals surface area contributed by atoms with E-state index in [0.717, 1.165) is 12.8 Å². The zero-order valence-electron chi connectivity index (χ0n) is 8.93. The van der Waals surface area contributed by atoms with Crippen molar-refractivity contribution in [1.82, 2.24) is 0 Å². The van der Waals surface area contributed by atoms with Crippen molar-refractivity contribution in [1.29, 1.82) is 0 Å². The van der Waals surface area contributed by atoms with Crippen LogP contribution in [0, 0.1) is 11.7 Å². The molecule has 2 nitrogen and oxygen atoms in total. The quantitative estimate of drug-likeness (QED) is 0.756. The fourth-order valence-electron chi connectivity index (χ4n) is 1.41. The summed E-state index contributed by atoms with van der Waals surface area (Å²) in [5.41, 5.74) is 0.00349. The lowest BCUT2D eigenvalue weighted by molar-refractivity contribution is 0.101. The zero-order valence-corrected chi connectivity index (χ0v) is 9.68. The molecule has 0 spiro atoms. The molecule has 1 aliphatic rings. The Labute approximate surface area is 98.4 Å². The summed E-state index contributed by atoms with van der Waals surface area (Å²) in [7, 11) is 0. The third-order valence-corrected chi connectivity index (χ3v) is 2.95. The van der Waals surface area contributed by atoms with Crippen molar-refractivity contribution in [3.63, 3.8) is 0 Å². The standard InChI is InChI=1S/C12H12ClFO2/c1-7(15)9-4-5-10(11(13)12(9)14)16-6-8-2-3-8/h4-5,8H,2-3,6H2,1H3. The van der Waals surface area contributed by atoms with Crippen molar-refractivity contribution in [3.8, 4) is 5.75 Å². The van der Waals surface area contributed by atoms with Crippen molar-refractivity contribution in [3.05, 3.63) is 28.5 Å². The number of ketones is 1. The van der Waals surface area contributed by atoms with Gasteiger partial charge in [0.15, 0.2) is 11.6 Å². The number of halogens is 2. The minimum atomic E-state index is -0.692. The van der Waals surface area contributed by atoms with Gasteiger partial charge in [-0.1, -0.05) is 11.6 Å². The lowest BCUT2D eigenvalue weighted by atomic mass is 10.1. The molecular formula is C12H12ClFO2. The van der Waals surface area contributed by atoms with Gasteiger partial charge in [0.25, 0.3) is 0 Å². The van der Waals surface area contributed by atoms with Gasteiger partial charge in [-0.15, -0.1) is 0 Å². The molecule has 0 amide bonds. The summed E-state index contributed by atoms with van der Waals surface area (Å²) < 4.78 is 19.0. The van der Waals surface area contributed by atoms with Crippen LogP contribution < -0.4 is 4.74 Å². The second-order valence-electron chi connectivity index (χ2n) is 4.05. The predicted molar refractivity (Wildman–Crippen MR) is 59.6 cm³/mol. The number of benzene rings is 1. The Hall–Kier alpha value is -1.09. The Kier molecular flexibility index (Phi) is 3.15. The lowest BCUT2D eigenvalue weighted by Crippen LogP contribution is -2.03. The maximum atomic E-state index is 13.6. The number of Topliss-reactive ketones (excluding diaryl/α,β-unsaturated/α-hetero) is 1. The fourth-order valence-corrected chi connectivity index (χ4v) is 1.63. The highest BCUT2D eigenvalue weighted by molar-refractivity contribution is 6.32. The van der Waals surface area contributed by atoms with Crippen LogP contribution in [0.4, 0.5) is 4.39 Å². The average Bonchev–Trinajstić information content (AvgIpc) is 3.03. The van der Waals surface area contributed by atoms with Gasteiger partial charge in [-0.3, -0.25) is 4.79 Å². The van der Waals surface area contributed by atoms with Crippen molar-refractivity contribution in [2.75, 3.05) is 6.61 Å². The molecule has 0 bridgehead atoms. The molecule has 1 aromatic carbocycles. The van der Waals surface area contributed by atoms with Crippen LogP contribution in [-0.2, 0) is 0 Å². The number of rotatable bonds is 4. The Morgan fingerprint density at radius 1 is 1.56 bits per heavy atom. The highest BCUT2D eigenvalue weighted by atomic mass is 35.5. The molecule has 0 heterocycles. The summed E-state index contributed by atoms with van der Waals surface area (Å²) in [6.07, 6.45) is 2.32. The molecule has 0 radical (unpaired) electrons. The van der Waals surface area contributed by atoms with E-state index in [9.17, 15) is 9.18 Å². The third-order valence-electron chi connectivity index (χ3n) is 2.60. The number of carbonyl (C=O) groups excluding carboxylic acids is 1. The molecule has 0 aromatic heterocycles. The van der Waals surface area contributed by atoms with E-state index < -0.39 is 5.82 Å². The van der Waals surface area contributed by atoms with Gasteiger partial charge in [0.05, 0.1) is 12.2 Å². The molecule has 4 heteroatoms. The average molecular weight is 243 g/mol. The van der Waals surface area contributed by atoms with Crippen molar-refractivity contribution < 1.29 is 13.9 Å². The van der Waals surface area contributed by atoms with E-state index >= 15 is 0 Å². The van der Waals surface area contributed by atoms with E-state index in [2.05, 4.69) is 0 Å². The Morgan fingerprint density at radius 2 is 2.25 bits per heavy atom. The summed E-state index contributed by atoms with van der Waals surface area (Å²) in [6.45, 7) is 1.87. The first-order chi connectivity index (χ1) is 7.59. The number of hydrogen-bond donors (Lipinski definition) is 0. The smallest absolute Gasteiger partial charge is 0.162 e. The van der Waals surface area contributed by atoms with Gasteiger partial charge < -0.3 is 4.74 Å². The molecule has 0 atom stereocenters. The first kappa shape index (κ1) is 11.4. The molecule has 0 N–H and O–H groups in total. The largest absolute Gasteiger partial charge is 0.492 e. The molecule has 0 saturated heterocycles. The monoisotopic (exact) mass is 242 g/mol. The summed E-state index contributed by atoms with van der Waals surface area (Å²) >= 11 is 5.79. The van der Waals surface area contributed by atoms with Gasteiger partial charge in [-0.05, 0) is 37.8 Å². The molecule has 0 aliphatic heterocycles. The Balaban J connectivity index is 2.19. The van der Waals surface area contributed by atoms with E-state index in [1.165, 1.54) is 13.0 Å². The fraction of sp³-hybridized carbons (Fsp3) is 0.417. The molecule has 0 unspecified atom stereocenters. The molecular weight excluding hydrogens is 231 g/mol. The number of carbonyl (C=O) groups is 1. The normalized spacial score (nSPS) is 14.9. The second kappa shape index (κ2) is 4.42. The van der Waals surface area contributed by atoms with Gasteiger partial charge >= 0.3 is 0 Å². The van der Waals surface area contributed by atoms with E-state index in [0.29, 0.717) is 18.3 Å². The van der Waals surface area contributed by atoms with E-state index in [-0.39, 0.29) is 16.4 Å². The summed E-state index contributed by atoms with van der Waals surface area (Å²) in [6, 6.07) is 2.95. The first-order valence-corrected chi connectivity index (χ1v) is 5.59. The van der Waals surface area contributed by atoms with Crippen LogP contribution in [0.15, 0.2) is 12.1 Å². The lowest BCUT2D eigenvalue weighted by Gasteiger charge is -2.09. The van der Waals surface area contributed by atoms with Crippen molar-refractivity contribution in [2.45, 2.75) is 19.8 Å². The molecule has 1 fully saturated rings. The summed E-state index contributed by atoms with van der Waals surface area (Å²) in [4.78, 5) is 11.1. The van der Waals surface area contributed by atoms with Gasteiger partial charge in [0, 0.05) is 0 Å². The third kappa shape index (κ3) is 2.35. The van der Waals surface area contributed by atoms with Gasteiger partial charge in [-0.25, -0.2) is 4.39 Å². The molecule has 2 rings (SSSR count). The van der Waals surface area contributed by atoms with Crippen LogP contribution in [0.3, 0.4) is 0 Å². The van der Waals surface area contributed by atoms with Gasteiger partial charge in [0.1, 0.15) is 10.8 Å². The van der Waals surface area contributed by atoms with Crippen LogP contribution in [-0.4, -0.2) is 12.4 Å². The number of hydrogen-bond acceptors (Lipinski definition) is 2. The molecule has 1 aliphatic carbocycles. The van der Waals surface area contributed by atoms with E-state index in [1.54, 1.807) is 6.07 Å². The van der Waals surface area contributed by atoms with Crippen molar-refractivity contribution >= 4 is 17.4 Å². The van der Waals surface area contributed by atoms with E-state index in [4.69, 9.17) is 16.3 Å². The molecule has 86 valence electrons. The first-order valence-electron chi connectivity index (χ1n) is 5.21. The van der Waals surface area contributed by atoms with Crippen LogP contribution in [0.1, 0.15) is 30.1 Å². The topological polar surface area (TPSA) is 26.3 Å². The van der Waals surface area contributed by atoms with Crippen LogP contribution in [0.2, 0.25) is 5.02 Å². The molecule has 16 heavy (non-hydrogen) atoms. The SMILES string of the molecule is CC(=O)c1ccc(OCC2CC2)c(Cl)c1F. The van der Waals surface area contributed by atoms with Crippen LogP contribution >= 0.6 is 11.6 Å². The van der Waals surface area contributed by atoms with Crippen LogP contribution in [0.25, 0.3) is 0 Å². The highest BCUT2D eigenvalue weighted by Gasteiger charge is 2.23. The van der Waals surface area contributed by atoms with E-state index in [1.807, 2.05) is 0 Å². The molecule has 1 aromatic rings.